The molecule has 2 aromatic carbocycles. The number of phenols is 1. The van der Waals surface area contributed by atoms with E-state index in [-0.39, 0.29) is 22.3 Å². The molecule has 0 aliphatic carbocycles. The molecule has 0 fully saturated rings. The van der Waals surface area contributed by atoms with Crippen molar-refractivity contribution in [1.82, 2.24) is 9.88 Å². The number of hydrogen-bond donors (Lipinski definition) is 3. The number of hydrogen-bond acceptors (Lipinski definition) is 5. The van der Waals surface area contributed by atoms with Gasteiger partial charge in [0.25, 0.3) is 5.91 Å². The monoisotopic (exact) mass is 528 g/mol. The molecule has 3 rings (SSSR count). The van der Waals surface area contributed by atoms with Crippen LogP contribution < -0.4 is 10.1 Å². The maximum Gasteiger partial charge on any atom is 0.573 e. The van der Waals surface area contributed by atoms with Gasteiger partial charge in [0.15, 0.2) is 17.4 Å². The van der Waals surface area contributed by atoms with Crippen LogP contribution >= 0.6 is 0 Å². The van der Waals surface area contributed by atoms with Crippen molar-refractivity contribution in [2.75, 3.05) is 0 Å². The number of ether oxygens (including phenoxy) is 1. The number of halogens is 5. The number of nitrogens with zero attached hydrogens (tertiary/aromatic N) is 1. The van der Waals surface area contributed by atoms with Crippen LogP contribution in [0, 0.1) is 18.6 Å². The van der Waals surface area contributed by atoms with Gasteiger partial charge >= 0.3 is 12.3 Å². The molecule has 37 heavy (non-hydrogen) atoms. The van der Waals surface area contributed by atoms with Crippen LogP contribution in [0.15, 0.2) is 30.3 Å². The first-order valence-electron chi connectivity index (χ1n) is 10.6. The van der Waals surface area contributed by atoms with Crippen molar-refractivity contribution in [3.8, 4) is 11.5 Å². The third-order valence-corrected chi connectivity index (χ3v) is 5.74. The minimum Gasteiger partial charge on any atom is -0.503 e. The lowest BCUT2D eigenvalue weighted by atomic mass is 9.95. The second-order valence-corrected chi connectivity index (χ2v) is 8.77. The SMILES string of the molecule is Cc1c(C(C)C(=O)NC(C)(C)C(=O)O)c2c(F)c(O)c(F)cc2n1C(=O)c1ccc(OC(F)(F)F)cc1. The highest BCUT2D eigenvalue weighted by Gasteiger charge is 2.35. The van der Waals surface area contributed by atoms with Gasteiger partial charge < -0.3 is 20.3 Å². The third-order valence-electron chi connectivity index (χ3n) is 5.74. The Labute approximate surface area is 206 Å². The highest BCUT2D eigenvalue weighted by atomic mass is 19.4. The molecule has 0 bridgehead atoms. The summed E-state index contributed by atoms with van der Waals surface area (Å²) < 4.78 is 71.4. The van der Waals surface area contributed by atoms with Crippen LogP contribution in [-0.2, 0) is 9.59 Å². The molecule has 8 nitrogen and oxygen atoms in total. The Kier molecular flexibility index (Phi) is 6.95. The summed E-state index contributed by atoms with van der Waals surface area (Å²) in [5, 5.41) is 21.0. The van der Waals surface area contributed by atoms with Crippen molar-refractivity contribution in [2.24, 2.45) is 0 Å². The van der Waals surface area contributed by atoms with E-state index in [1.165, 1.54) is 27.7 Å². The largest absolute Gasteiger partial charge is 0.573 e. The number of aromatic hydroxyl groups is 1. The molecule has 0 aliphatic heterocycles. The normalized spacial score (nSPS) is 12.9. The van der Waals surface area contributed by atoms with Crippen LogP contribution in [0.1, 0.15) is 48.3 Å². The molecule has 3 N–H and O–H groups in total. The van der Waals surface area contributed by atoms with Crippen molar-refractivity contribution >= 4 is 28.7 Å². The van der Waals surface area contributed by atoms with Crippen molar-refractivity contribution in [3.05, 3.63) is 58.8 Å². The highest BCUT2D eigenvalue weighted by Crippen LogP contribution is 2.39. The molecule has 1 atom stereocenters. The van der Waals surface area contributed by atoms with Gasteiger partial charge in [0, 0.05) is 22.7 Å². The Morgan fingerprint density at radius 2 is 1.65 bits per heavy atom. The molecule has 0 saturated carbocycles. The van der Waals surface area contributed by atoms with E-state index in [0.717, 1.165) is 28.8 Å². The summed E-state index contributed by atoms with van der Waals surface area (Å²) in [6.45, 7) is 5.04. The Balaban J connectivity index is 2.17. The summed E-state index contributed by atoms with van der Waals surface area (Å²) in [6, 6.07) is 4.44. The number of phenolic OH excluding ortho intramolecular Hbond substituents is 1. The van der Waals surface area contributed by atoms with E-state index < -0.39 is 64.1 Å². The number of nitrogens with one attached hydrogen (secondary N) is 1. The fourth-order valence-corrected chi connectivity index (χ4v) is 3.83. The minimum atomic E-state index is -4.96. The Hall–Kier alpha value is -4.16. The number of carboxylic acid groups (broad SMARTS) is 1. The molecule has 1 aromatic heterocycles. The van der Waals surface area contributed by atoms with E-state index in [1.54, 1.807) is 0 Å². The third kappa shape index (κ3) is 5.20. The molecule has 0 aliphatic rings. The van der Waals surface area contributed by atoms with E-state index in [1.807, 2.05) is 0 Å². The van der Waals surface area contributed by atoms with E-state index in [0.29, 0.717) is 6.07 Å². The zero-order valence-electron chi connectivity index (χ0n) is 19.8. The summed E-state index contributed by atoms with van der Waals surface area (Å²) >= 11 is 0. The first-order chi connectivity index (χ1) is 17.0. The molecule has 0 spiro atoms. The topological polar surface area (TPSA) is 118 Å². The number of rotatable bonds is 6. The van der Waals surface area contributed by atoms with Crippen LogP contribution in [0.2, 0.25) is 0 Å². The van der Waals surface area contributed by atoms with Crippen LogP contribution in [0.25, 0.3) is 10.9 Å². The van der Waals surface area contributed by atoms with E-state index in [4.69, 9.17) is 0 Å². The molecular weight excluding hydrogens is 507 g/mol. The predicted octanol–water partition coefficient (Wildman–Crippen LogP) is 4.60. The first kappa shape index (κ1) is 27.4. The minimum absolute atomic E-state index is 0.0460. The zero-order valence-corrected chi connectivity index (χ0v) is 19.8. The lowest BCUT2D eigenvalue weighted by molar-refractivity contribution is -0.274. The highest BCUT2D eigenvalue weighted by molar-refractivity contribution is 6.06. The quantitative estimate of drug-likeness (QED) is 0.403. The lowest BCUT2D eigenvalue weighted by Gasteiger charge is -2.23. The lowest BCUT2D eigenvalue weighted by Crippen LogP contribution is -2.50. The van der Waals surface area contributed by atoms with Crippen LogP contribution in [0.4, 0.5) is 22.0 Å². The molecule has 13 heteroatoms. The fraction of sp³-hybridized carbons (Fsp3) is 0.292. The number of carbonyl (C=O) groups excluding carboxylic acids is 2. The van der Waals surface area contributed by atoms with Crippen molar-refractivity contribution in [1.29, 1.82) is 0 Å². The van der Waals surface area contributed by atoms with Gasteiger partial charge in [0.2, 0.25) is 5.91 Å². The Morgan fingerprint density at radius 1 is 1.08 bits per heavy atom. The number of carbonyl (C=O) groups is 3. The Bertz CT molecular complexity index is 1410. The summed E-state index contributed by atoms with van der Waals surface area (Å²) in [5.74, 6) is -9.22. The van der Waals surface area contributed by atoms with Gasteiger partial charge in [-0.05, 0) is 57.5 Å². The molecular formula is C24H21F5N2O6. The average molecular weight is 528 g/mol. The van der Waals surface area contributed by atoms with Crippen LogP contribution in [-0.4, -0.2) is 44.5 Å². The van der Waals surface area contributed by atoms with Gasteiger partial charge in [0.1, 0.15) is 11.3 Å². The van der Waals surface area contributed by atoms with Crippen molar-refractivity contribution < 1.29 is 51.3 Å². The molecule has 3 aromatic rings. The van der Waals surface area contributed by atoms with E-state index in [2.05, 4.69) is 10.1 Å². The van der Waals surface area contributed by atoms with Crippen LogP contribution in [0.5, 0.6) is 11.5 Å². The van der Waals surface area contributed by atoms with Crippen LogP contribution in [0.3, 0.4) is 0 Å². The number of aromatic nitrogens is 1. The molecule has 1 unspecified atom stereocenters. The fourth-order valence-electron chi connectivity index (χ4n) is 3.83. The van der Waals surface area contributed by atoms with Gasteiger partial charge in [-0.15, -0.1) is 13.2 Å². The number of amides is 1. The number of fused-ring (bicyclic) bond motifs is 1. The van der Waals surface area contributed by atoms with Crippen molar-refractivity contribution in [2.45, 2.75) is 45.5 Å². The summed E-state index contributed by atoms with van der Waals surface area (Å²) in [6.07, 6.45) is -4.96. The maximum absolute atomic E-state index is 15.1. The number of carboxylic acids is 1. The number of aliphatic carboxylic acids is 1. The standard InChI is InChI=1S/C24H21F5N2O6/c1-10(20(33)30-23(3,4)22(35)36)16-11(2)31(15-9-14(25)19(32)18(26)17(15)16)21(34)12-5-7-13(8-6-12)37-24(27,28)29/h5-10,32H,1-4H3,(H,30,33)(H,35,36). The van der Waals surface area contributed by atoms with Gasteiger partial charge in [0.05, 0.1) is 11.4 Å². The zero-order chi connectivity index (χ0) is 28.0. The summed E-state index contributed by atoms with van der Waals surface area (Å²) in [5.41, 5.74) is -2.43. The van der Waals surface area contributed by atoms with Crippen molar-refractivity contribution in [3.63, 3.8) is 0 Å². The average Bonchev–Trinajstić information content (AvgIpc) is 3.07. The van der Waals surface area contributed by atoms with Gasteiger partial charge in [-0.25, -0.2) is 13.6 Å². The maximum atomic E-state index is 15.1. The van der Waals surface area contributed by atoms with E-state index >= 15 is 4.39 Å². The van der Waals surface area contributed by atoms with Gasteiger partial charge in [-0.1, -0.05) is 0 Å². The predicted molar refractivity (Wildman–Crippen MR) is 119 cm³/mol. The Morgan fingerprint density at radius 3 is 2.16 bits per heavy atom. The molecule has 1 heterocycles. The molecule has 0 radical (unpaired) electrons. The van der Waals surface area contributed by atoms with E-state index in [9.17, 15) is 42.2 Å². The molecule has 0 saturated heterocycles. The van der Waals surface area contributed by atoms with Gasteiger partial charge in [-0.3, -0.25) is 14.2 Å². The smallest absolute Gasteiger partial charge is 0.503 e. The second kappa shape index (κ2) is 9.37. The number of benzene rings is 2. The summed E-state index contributed by atoms with van der Waals surface area (Å²) in [7, 11) is 0. The molecule has 1 amide bonds. The molecule has 198 valence electrons. The number of alkyl halides is 3. The second-order valence-electron chi connectivity index (χ2n) is 8.77. The first-order valence-corrected chi connectivity index (χ1v) is 10.6. The summed E-state index contributed by atoms with van der Waals surface area (Å²) in [4.78, 5) is 37.6. The van der Waals surface area contributed by atoms with Gasteiger partial charge in [-0.2, -0.15) is 0 Å².